The van der Waals surface area contributed by atoms with Gasteiger partial charge in [0, 0.05) is 24.5 Å². The molecule has 0 radical (unpaired) electrons. The number of hydrogen-bond acceptors (Lipinski definition) is 5. The molecule has 4 rings (SSSR count). The van der Waals surface area contributed by atoms with Crippen LogP contribution in [-0.2, 0) is 25.9 Å². The summed E-state index contributed by atoms with van der Waals surface area (Å²) in [7, 11) is 3.84. The number of hydrogen-bond donors (Lipinski definition) is 1. The lowest BCUT2D eigenvalue weighted by Gasteiger charge is -2.20. The third-order valence-corrected chi connectivity index (χ3v) is 6.26. The van der Waals surface area contributed by atoms with Gasteiger partial charge in [-0.05, 0) is 44.7 Å². The van der Waals surface area contributed by atoms with Gasteiger partial charge in [0.1, 0.15) is 11.3 Å². The van der Waals surface area contributed by atoms with E-state index >= 15 is 0 Å². The molecule has 29 heavy (non-hydrogen) atoms. The fourth-order valence-electron chi connectivity index (χ4n) is 3.52. The first-order valence-corrected chi connectivity index (χ1v) is 10.8. The smallest absolute Gasteiger partial charge is 0.226 e. The number of aromatic nitrogens is 2. The third kappa shape index (κ3) is 4.67. The molecule has 0 aliphatic heterocycles. The SMILES string of the molecule is CN=C(NCc1coc(-c2ccc(C)cc2)n1)N(C)Cc1nc2c(s1)CCCC2. The van der Waals surface area contributed by atoms with Crippen LogP contribution in [0.5, 0.6) is 0 Å². The van der Waals surface area contributed by atoms with E-state index in [1.165, 1.54) is 35.4 Å². The molecule has 1 N–H and O–H groups in total. The fraction of sp³-hybridized carbons (Fsp3) is 0.409. The molecule has 152 valence electrons. The number of nitrogens with one attached hydrogen (secondary N) is 1. The molecule has 0 amide bonds. The van der Waals surface area contributed by atoms with E-state index in [2.05, 4.69) is 39.2 Å². The van der Waals surface area contributed by atoms with Crippen LogP contribution in [0.25, 0.3) is 11.5 Å². The first-order chi connectivity index (χ1) is 14.1. The normalized spacial score (nSPS) is 14.0. The molecule has 2 aromatic heterocycles. The van der Waals surface area contributed by atoms with E-state index in [0.717, 1.165) is 35.2 Å². The van der Waals surface area contributed by atoms with Gasteiger partial charge in [-0.15, -0.1) is 11.3 Å². The minimum absolute atomic E-state index is 0.556. The Balaban J connectivity index is 1.35. The Morgan fingerprint density at radius 2 is 2.00 bits per heavy atom. The van der Waals surface area contributed by atoms with Crippen LogP contribution in [0, 0.1) is 6.92 Å². The van der Waals surface area contributed by atoms with E-state index in [4.69, 9.17) is 9.40 Å². The predicted molar refractivity (Wildman–Crippen MR) is 117 cm³/mol. The van der Waals surface area contributed by atoms with Gasteiger partial charge in [0.05, 0.1) is 24.5 Å². The molecule has 1 aromatic carbocycles. The highest BCUT2D eigenvalue weighted by Gasteiger charge is 2.17. The number of nitrogens with zero attached hydrogens (tertiary/aromatic N) is 4. The molecule has 0 saturated carbocycles. The Labute approximate surface area is 175 Å². The number of oxazole rings is 1. The molecule has 7 heteroatoms. The lowest BCUT2D eigenvalue weighted by Crippen LogP contribution is -2.38. The lowest BCUT2D eigenvalue weighted by molar-refractivity contribution is 0.473. The maximum absolute atomic E-state index is 5.65. The van der Waals surface area contributed by atoms with Crippen LogP contribution < -0.4 is 5.32 Å². The Morgan fingerprint density at radius 3 is 2.76 bits per heavy atom. The van der Waals surface area contributed by atoms with Crippen LogP contribution in [0.15, 0.2) is 39.9 Å². The van der Waals surface area contributed by atoms with Crippen LogP contribution in [0.1, 0.15) is 39.7 Å². The summed E-state index contributed by atoms with van der Waals surface area (Å²) in [5.74, 6) is 1.46. The van der Waals surface area contributed by atoms with Crippen molar-refractivity contribution in [3.8, 4) is 11.5 Å². The maximum Gasteiger partial charge on any atom is 0.226 e. The van der Waals surface area contributed by atoms with E-state index < -0.39 is 0 Å². The molecule has 0 atom stereocenters. The van der Waals surface area contributed by atoms with Gasteiger partial charge >= 0.3 is 0 Å². The quantitative estimate of drug-likeness (QED) is 0.505. The molecule has 0 spiro atoms. The van der Waals surface area contributed by atoms with Gasteiger partial charge in [-0.1, -0.05) is 17.7 Å². The highest BCUT2D eigenvalue weighted by atomic mass is 32.1. The van der Waals surface area contributed by atoms with Gasteiger partial charge in [0.15, 0.2) is 5.96 Å². The van der Waals surface area contributed by atoms with Crippen LogP contribution in [0.2, 0.25) is 0 Å². The molecule has 2 heterocycles. The molecular weight excluding hydrogens is 382 g/mol. The van der Waals surface area contributed by atoms with Gasteiger partial charge < -0.3 is 14.6 Å². The summed E-state index contributed by atoms with van der Waals surface area (Å²) >= 11 is 1.85. The van der Waals surface area contributed by atoms with Crippen LogP contribution in [0.3, 0.4) is 0 Å². The standard InChI is InChI=1S/C22H27N5OS/c1-15-8-10-16(11-9-15)21-25-17(14-28-21)12-24-22(23-2)27(3)13-20-26-18-6-4-5-7-19(18)29-20/h8-11,14H,4-7,12-13H2,1-3H3,(H,23,24). The minimum atomic E-state index is 0.556. The third-order valence-electron chi connectivity index (χ3n) is 5.11. The topological polar surface area (TPSA) is 66.6 Å². The van der Waals surface area contributed by atoms with Gasteiger partial charge in [0.2, 0.25) is 5.89 Å². The van der Waals surface area contributed by atoms with E-state index in [1.807, 2.05) is 30.5 Å². The first-order valence-electron chi connectivity index (χ1n) is 10.0. The van der Waals surface area contributed by atoms with Crippen molar-refractivity contribution in [2.75, 3.05) is 14.1 Å². The maximum atomic E-state index is 5.65. The average molecular weight is 410 g/mol. The highest BCUT2D eigenvalue weighted by molar-refractivity contribution is 7.11. The second-order valence-electron chi connectivity index (χ2n) is 7.45. The molecule has 3 aromatic rings. The minimum Gasteiger partial charge on any atom is -0.444 e. The highest BCUT2D eigenvalue weighted by Crippen LogP contribution is 2.27. The van der Waals surface area contributed by atoms with Crippen molar-refractivity contribution < 1.29 is 4.42 Å². The average Bonchev–Trinajstić information content (AvgIpc) is 3.35. The number of aliphatic imine (C=N–C) groups is 1. The first kappa shape index (κ1) is 19.6. The summed E-state index contributed by atoms with van der Waals surface area (Å²) in [6, 6.07) is 8.17. The lowest BCUT2D eigenvalue weighted by atomic mass is 10.0. The number of aryl methyl sites for hydroxylation is 3. The molecule has 0 unspecified atom stereocenters. The summed E-state index contributed by atoms with van der Waals surface area (Å²) in [5.41, 5.74) is 4.35. The van der Waals surface area contributed by atoms with Gasteiger partial charge in [-0.3, -0.25) is 4.99 Å². The van der Waals surface area contributed by atoms with Crippen LogP contribution in [-0.4, -0.2) is 34.9 Å². The second-order valence-corrected chi connectivity index (χ2v) is 8.62. The van der Waals surface area contributed by atoms with Crippen molar-refractivity contribution in [3.05, 3.63) is 57.4 Å². The van der Waals surface area contributed by atoms with Crippen molar-refractivity contribution in [3.63, 3.8) is 0 Å². The summed E-state index contributed by atoms with van der Waals surface area (Å²) in [6.07, 6.45) is 6.55. The number of fused-ring (bicyclic) bond motifs is 1. The number of guanidine groups is 1. The molecular formula is C22H27N5OS. The Kier molecular flexibility index (Phi) is 5.94. The molecule has 6 nitrogen and oxygen atoms in total. The van der Waals surface area contributed by atoms with E-state index in [-0.39, 0.29) is 0 Å². The van der Waals surface area contributed by atoms with Gasteiger partial charge in [0.25, 0.3) is 0 Å². The predicted octanol–water partition coefficient (Wildman–Crippen LogP) is 4.19. The Hall–Kier alpha value is -2.67. The monoisotopic (exact) mass is 409 g/mol. The van der Waals surface area contributed by atoms with Crippen LogP contribution >= 0.6 is 11.3 Å². The zero-order valence-corrected chi connectivity index (χ0v) is 18.1. The number of rotatable bonds is 5. The number of thiazole rings is 1. The van der Waals surface area contributed by atoms with E-state index in [0.29, 0.717) is 12.4 Å². The summed E-state index contributed by atoms with van der Waals surface area (Å²) in [4.78, 5) is 17.4. The van der Waals surface area contributed by atoms with Crippen molar-refractivity contribution in [1.29, 1.82) is 0 Å². The van der Waals surface area contributed by atoms with Crippen molar-refractivity contribution >= 4 is 17.3 Å². The van der Waals surface area contributed by atoms with Crippen molar-refractivity contribution in [2.45, 2.75) is 45.7 Å². The largest absolute Gasteiger partial charge is 0.444 e. The van der Waals surface area contributed by atoms with Crippen molar-refractivity contribution in [1.82, 2.24) is 20.2 Å². The second kappa shape index (κ2) is 8.78. The van der Waals surface area contributed by atoms with E-state index in [1.54, 1.807) is 13.3 Å². The van der Waals surface area contributed by atoms with Crippen molar-refractivity contribution in [2.24, 2.45) is 4.99 Å². The number of benzene rings is 1. The Bertz CT molecular complexity index is 966. The van der Waals surface area contributed by atoms with Crippen LogP contribution in [0.4, 0.5) is 0 Å². The van der Waals surface area contributed by atoms with E-state index in [9.17, 15) is 0 Å². The zero-order chi connectivity index (χ0) is 20.2. The fourth-order valence-corrected chi connectivity index (χ4v) is 4.73. The molecule has 0 fully saturated rings. The van der Waals surface area contributed by atoms with Gasteiger partial charge in [-0.2, -0.15) is 0 Å². The molecule has 0 bridgehead atoms. The zero-order valence-electron chi connectivity index (χ0n) is 17.2. The van der Waals surface area contributed by atoms with Gasteiger partial charge in [-0.25, -0.2) is 9.97 Å². The molecule has 1 aliphatic rings. The molecule has 1 aliphatic carbocycles. The summed E-state index contributed by atoms with van der Waals surface area (Å²) < 4.78 is 5.65. The summed E-state index contributed by atoms with van der Waals surface area (Å²) in [5, 5.41) is 4.53. The Morgan fingerprint density at radius 1 is 1.21 bits per heavy atom. The summed E-state index contributed by atoms with van der Waals surface area (Å²) in [6.45, 7) is 3.38. The molecule has 0 saturated heterocycles.